The van der Waals surface area contributed by atoms with Crippen molar-refractivity contribution in [3.05, 3.63) is 53.2 Å². The highest BCUT2D eigenvalue weighted by Gasteiger charge is 2.17. The molecule has 1 fully saturated rings. The number of aromatic nitrogens is 2. The van der Waals surface area contributed by atoms with Crippen LogP contribution in [0.1, 0.15) is 5.56 Å². The molecule has 0 radical (unpaired) electrons. The fourth-order valence-corrected chi connectivity index (χ4v) is 3.15. The molecule has 4 nitrogen and oxygen atoms in total. The molecular weight excluding hydrogens is 322 g/mol. The topological polar surface area (TPSA) is 38.2 Å². The van der Waals surface area contributed by atoms with Gasteiger partial charge in [-0.05, 0) is 36.8 Å². The summed E-state index contributed by atoms with van der Waals surface area (Å²) in [6.07, 6.45) is 1.82. The first-order valence-corrected chi connectivity index (χ1v) is 8.45. The molecule has 1 aliphatic heterocycles. The Morgan fingerprint density at radius 1 is 1.12 bits per heavy atom. The Morgan fingerprint density at radius 3 is 2.75 bits per heavy atom. The number of aryl methyl sites for hydroxylation is 1. The van der Waals surface area contributed by atoms with E-state index in [1.54, 1.807) is 0 Å². The third-order valence-electron chi connectivity index (χ3n) is 4.36. The third-order valence-corrected chi connectivity index (χ3v) is 4.76. The Labute approximate surface area is 146 Å². The Morgan fingerprint density at radius 2 is 1.96 bits per heavy atom. The lowest BCUT2D eigenvalue weighted by molar-refractivity contribution is 0.122. The first kappa shape index (κ1) is 15.4. The second-order valence-electron chi connectivity index (χ2n) is 5.96. The standard InChI is InChI=1S/C19H18ClN3O/c1-13-4-5-14(11-16(13)20)17-12-18-15(3-2-6-21-18)19(22-17)23-7-9-24-10-8-23/h2-6,11-12H,7-10H2,1H3. The van der Waals surface area contributed by atoms with Crippen LogP contribution < -0.4 is 4.90 Å². The summed E-state index contributed by atoms with van der Waals surface area (Å²) in [4.78, 5) is 11.7. The Kier molecular flexibility index (Phi) is 4.08. The highest BCUT2D eigenvalue weighted by Crippen LogP contribution is 2.31. The van der Waals surface area contributed by atoms with Gasteiger partial charge in [0.2, 0.25) is 0 Å². The summed E-state index contributed by atoms with van der Waals surface area (Å²) in [7, 11) is 0. The monoisotopic (exact) mass is 339 g/mol. The van der Waals surface area contributed by atoms with Gasteiger partial charge >= 0.3 is 0 Å². The van der Waals surface area contributed by atoms with Crippen molar-refractivity contribution in [2.24, 2.45) is 0 Å². The van der Waals surface area contributed by atoms with Crippen molar-refractivity contribution in [1.82, 2.24) is 9.97 Å². The van der Waals surface area contributed by atoms with E-state index < -0.39 is 0 Å². The molecule has 122 valence electrons. The summed E-state index contributed by atoms with van der Waals surface area (Å²) in [5.41, 5.74) is 3.91. The van der Waals surface area contributed by atoms with Crippen LogP contribution >= 0.6 is 11.6 Å². The highest BCUT2D eigenvalue weighted by molar-refractivity contribution is 6.31. The molecule has 0 amide bonds. The van der Waals surface area contributed by atoms with E-state index in [1.165, 1.54) is 0 Å². The molecule has 0 unspecified atom stereocenters. The van der Waals surface area contributed by atoms with Gasteiger partial charge in [0, 0.05) is 35.3 Å². The molecule has 0 aliphatic carbocycles. The molecule has 0 saturated carbocycles. The molecule has 3 aromatic rings. The molecular formula is C19H18ClN3O. The number of hydrogen-bond acceptors (Lipinski definition) is 4. The number of benzene rings is 1. The van der Waals surface area contributed by atoms with E-state index in [-0.39, 0.29) is 0 Å². The van der Waals surface area contributed by atoms with Crippen LogP contribution in [0.25, 0.3) is 22.2 Å². The number of halogens is 1. The number of fused-ring (bicyclic) bond motifs is 1. The van der Waals surface area contributed by atoms with Crippen molar-refractivity contribution in [2.45, 2.75) is 6.92 Å². The van der Waals surface area contributed by atoms with Gasteiger partial charge in [0.1, 0.15) is 5.82 Å². The zero-order chi connectivity index (χ0) is 16.5. The minimum atomic E-state index is 0.726. The van der Waals surface area contributed by atoms with Crippen molar-refractivity contribution in [3.8, 4) is 11.3 Å². The van der Waals surface area contributed by atoms with Gasteiger partial charge in [0.05, 0.1) is 24.4 Å². The quantitative estimate of drug-likeness (QED) is 0.704. The Hall–Kier alpha value is -2.17. The molecule has 0 bridgehead atoms. The van der Waals surface area contributed by atoms with Gasteiger partial charge in [-0.15, -0.1) is 0 Å². The summed E-state index contributed by atoms with van der Waals surface area (Å²) in [5, 5.41) is 1.82. The number of ether oxygens (including phenoxy) is 1. The van der Waals surface area contributed by atoms with Crippen molar-refractivity contribution < 1.29 is 4.74 Å². The number of rotatable bonds is 2. The number of pyridine rings is 2. The first-order valence-electron chi connectivity index (χ1n) is 8.07. The zero-order valence-corrected chi connectivity index (χ0v) is 14.3. The van der Waals surface area contributed by atoms with E-state index in [0.29, 0.717) is 0 Å². The van der Waals surface area contributed by atoms with Crippen LogP contribution in [0.15, 0.2) is 42.6 Å². The largest absolute Gasteiger partial charge is 0.378 e. The first-order chi connectivity index (χ1) is 11.7. The van der Waals surface area contributed by atoms with Gasteiger partial charge in [0.15, 0.2) is 0 Å². The lowest BCUT2D eigenvalue weighted by atomic mass is 10.1. The van der Waals surface area contributed by atoms with Crippen molar-refractivity contribution in [2.75, 3.05) is 31.2 Å². The number of anilines is 1. The van der Waals surface area contributed by atoms with Crippen LogP contribution in [0.4, 0.5) is 5.82 Å². The van der Waals surface area contributed by atoms with Gasteiger partial charge in [-0.1, -0.05) is 23.7 Å². The van der Waals surface area contributed by atoms with Gasteiger partial charge in [-0.3, -0.25) is 4.98 Å². The molecule has 0 spiro atoms. The molecule has 1 aliphatic rings. The predicted molar refractivity (Wildman–Crippen MR) is 97.8 cm³/mol. The van der Waals surface area contributed by atoms with Crippen LogP contribution in [0, 0.1) is 6.92 Å². The second-order valence-corrected chi connectivity index (χ2v) is 6.37. The van der Waals surface area contributed by atoms with Crippen LogP contribution in [0.2, 0.25) is 5.02 Å². The molecule has 1 aromatic carbocycles. The fourth-order valence-electron chi connectivity index (χ4n) is 2.97. The van der Waals surface area contributed by atoms with E-state index in [1.807, 2.05) is 37.4 Å². The van der Waals surface area contributed by atoms with Crippen molar-refractivity contribution >= 4 is 28.3 Å². The van der Waals surface area contributed by atoms with E-state index in [9.17, 15) is 0 Å². The normalized spacial score (nSPS) is 15.0. The maximum atomic E-state index is 6.30. The highest BCUT2D eigenvalue weighted by atomic mass is 35.5. The number of hydrogen-bond donors (Lipinski definition) is 0. The summed E-state index contributed by atoms with van der Waals surface area (Å²) in [6, 6.07) is 12.1. The summed E-state index contributed by atoms with van der Waals surface area (Å²) in [6.45, 7) is 5.14. The molecule has 4 rings (SSSR count). The second kappa shape index (κ2) is 6.38. The average molecular weight is 340 g/mol. The van der Waals surface area contributed by atoms with Crippen molar-refractivity contribution in [3.63, 3.8) is 0 Å². The summed E-state index contributed by atoms with van der Waals surface area (Å²) >= 11 is 6.30. The van der Waals surface area contributed by atoms with E-state index in [4.69, 9.17) is 21.3 Å². The Bertz CT molecular complexity index is 891. The van der Waals surface area contributed by atoms with E-state index in [0.717, 1.165) is 64.9 Å². The SMILES string of the molecule is Cc1ccc(-c2cc3ncccc3c(N3CCOCC3)n2)cc1Cl. The van der Waals surface area contributed by atoms with Gasteiger partial charge in [-0.25, -0.2) is 4.98 Å². The van der Waals surface area contributed by atoms with E-state index in [2.05, 4.69) is 22.0 Å². The van der Waals surface area contributed by atoms with Gasteiger partial charge in [0.25, 0.3) is 0 Å². The molecule has 5 heteroatoms. The molecule has 3 heterocycles. The van der Waals surface area contributed by atoms with Crippen LogP contribution in [-0.4, -0.2) is 36.3 Å². The average Bonchev–Trinajstić information content (AvgIpc) is 2.64. The predicted octanol–water partition coefficient (Wildman–Crippen LogP) is 4.10. The minimum absolute atomic E-state index is 0.726. The lowest BCUT2D eigenvalue weighted by Crippen LogP contribution is -2.37. The number of morpholine rings is 1. The van der Waals surface area contributed by atoms with Crippen LogP contribution in [-0.2, 0) is 4.74 Å². The summed E-state index contributed by atoms with van der Waals surface area (Å²) in [5.74, 6) is 0.968. The van der Waals surface area contributed by atoms with Crippen molar-refractivity contribution in [1.29, 1.82) is 0 Å². The number of nitrogens with zero attached hydrogens (tertiary/aromatic N) is 3. The summed E-state index contributed by atoms with van der Waals surface area (Å²) < 4.78 is 5.47. The fraction of sp³-hybridized carbons (Fsp3) is 0.263. The third kappa shape index (κ3) is 2.83. The molecule has 24 heavy (non-hydrogen) atoms. The maximum absolute atomic E-state index is 6.30. The maximum Gasteiger partial charge on any atom is 0.138 e. The molecule has 2 aromatic heterocycles. The van der Waals surface area contributed by atoms with E-state index >= 15 is 0 Å². The zero-order valence-electron chi connectivity index (χ0n) is 13.5. The lowest BCUT2D eigenvalue weighted by Gasteiger charge is -2.29. The van der Waals surface area contributed by atoms with Gasteiger partial charge in [-0.2, -0.15) is 0 Å². The minimum Gasteiger partial charge on any atom is -0.378 e. The molecule has 1 saturated heterocycles. The Balaban J connectivity index is 1.88. The van der Waals surface area contributed by atoms with Crippen LogP contribution in [0.5, 0.6) is 0 Å². The van der Waals surface area contributed by atoms with Crippen LogP contribution in [0.3, 0.4) is 0 Å². The molecule has 0 atom stereocenters. The molecule has 0 N–H and O–H groups in total. The van der Waals surface area contributed by atoms with Gasteiger partial charge < -0.3 is 9.64 Å². The smallest absolute Gasteiger partial charge is 0.138 e.